The molecule has 4 nitrogen and oxygen atoms in total. The third-order valence-corrected chi connectivity index (χ3v) is 4.43. The zero-order valence-electron chi connectivity index (χ0n) is 12.2. The van der Waals surface area contributed by atoms with Gasteiger partial charge < -0.3 is 9.94 Å². The minimum atomic E-state index is 0.414. The molecule has 23 heavy (non-hydrogen) atoms. The second kappa shape index (κ2) is 7.57. The molecular formula is C17H15ClN2O2S. The van der Waals surface area contributed by atoms with Gasteiger partial charge in [0.15, 0.2) is 0 Å². The molecule has 0 atom stereocenters. The van der Waals surface area contributed by atoms with Crippen molar-refractivity contribution < 1.29 is 9.94 Å². The minimum Gasteiger partial charge on any atom is -0.487 e. The fraction of sp³-hybridized carbons (Fsp3) is 0.118. The average Bonchev–Trinajstić information content (AvgIpc) is 3.04. The third kappa shape index (κ3) is 4.30. The fourth-order valence-electron chi connectivity index (χ4n) is 2.05. The molecule has 0 amide bonds. The number of rotatable bonds is 6. The van der Waals surface area contributed by atoms with Crippen molar-refractivity contribution in [3.8, 4) is 16.3 Å². The minimum absolute atomic E-state index is 0.414. The number of thiazole rings is 1. The Bertz CT molecular complexity index is 757. The maximum absolute atomic E-state index is 8.66. The van der Waals surface area contributed by atoms with E-state index in [1.54, 1.807) is 11.3 Å². The molecule has 6 heteroatoms. The molecule has 0 fully saturated rings. The van der Waals surface area contributed by atoms with Gasteiger partial charge in [0, 0.05) is 22.5 Å². The fourth-order valence-corrected chi connectivity index (χ4v) is 2.99. The quantitative estimate of drug-likeness (QED) is 0.644. The van der Waals surface area contributed by atoms with Crippen molar-refractivity contribution in [3.05, 3.63) is 70.2 Å². The molecule has 0 radical (unpaired) electrons. The molecule has 1 aromatic heterocycles. The van der Waals surface area contributed by atoms with Gasteiger partial charge in [-0.1, -0.05) is 35.9 Å². The second-order valence-corrected chi connectivity index (χ2v) is 6.21. The van der Waals surface area contributed by atoms with Gasteiger partial charge in [-0.2, -0.15) is 0 Å². The van der Waals surface area contributed by atoms with Crippen LogP contribution in [-0.4, -0.2) is 10.2 Å². The summed E-state index contributed by atoms with van der Waals surface area (Å²) in [5.41, 5.74) is 5.05. The Labute approximate surface area is 143 Å². The standard InChI is InChI=1S/C17H15ClN2O2S/c18-14-5-3-13(4-6-14)17-20-15(11-23-17)10-22-16-7-1-12(2-8-16)9-19-21/h1-8,11,19,21H,9-10H2. The van der Waals surface area contributed by atoms with Crippen LogP contribution in [0.15, 0.2) is 53.9 Å². The first-order valence-corrected chi connectivity index (χ1v) is 8.29. The number of hydrogen-bond donors (Lipinski definition) is 2. The van der Waals surface area contributed by atoms with E-state index in [0.717, 1.165) is 27.6 Å². The first kappa shape index (κ1) is 16.0. The number of hydrogen-bond acceptors (Lipinski definition) is 5. The van der Waals surface area contributed by atoms with E-state index in [2.05, 4.69) is 10.5 Å². The van der Waals surface area contributed by atoms with Crippen LogP contribution in [0.5, 0.6) is 5.75 Å². The zero-order chi connectivity index (χ0) is 16.1. The van der Waals surface area contributed by atoms with Crippen LogP contribution in [0.2, 0.25) is 5.02 Å². The summed E-state index contributed by atoms with van der Waals surface area (Å²) in [7, 11) is 0. The van der Waals surface area contributed by atoms with Gasteiger partial charge in [-0.25, -0.2) is 10.5 Å². The van der Waals surface area contributed by atoms with E-state index in [9.17, 15) is 0 Å². The Hall–Kier alpha value is -1.92. The molecule has 0 bridgehead atoms. The third-order valence-electron chi connectivity index (χ3n) is 3.24. The summed E-state index contributed by atoms with van der Waals surface area (Å²) in [6.07, 6.45) is 0. The molecule has 2 N–H and O–H groups in total. The monoisotopic (exact) mass is 346 g/mol. The predicted molar refractivity (Wildman–Crippen MR) is 92.0 cm³/mol. The van der Waals surface area contributed by atoms with Crippen LogP contribution in [0.25, 0.3) is 10.6 Å². The van der Waals surface area contributed by atoms with Crippen LogP contribution in [0.1, 0.15) is 11.3 Å². The molecule has 118 valence electrons. The van der Waals surface area contributed by atoms with E-state index in [-0.39, 0.29) is 0 Å². The van der Waals surface area contributed by atoms with Crippen LogP contribution >= 0.6 is 22.9 Å². The molecule has 0 saturated carbocycles. The summed E-state index contributed by atoms with van der Waals surface area (Å²) in [5.74, 6) is 0.771. The molecule has 0 aliphatic heterocycles. The van der Waals surface area contributed by atoms with E-state index in [0.29, 0.717) is 18.2 Å². The lowest BCUT2D eigenvalue weighted by Crippen LogP contribution is -2.05. The first-order chi connectivity index (χ1) is 11.2. The maximum Gasteiger partial charge on any atom is 0.131 e. The smallest absolute Gasteiger partial charge is 0.131 e. The van der Waals surface area contributed by atoms with Crippen molar-refractivity contribution in [3.63, 3.8) is 0 Å². The van der Waals surface area contributed by atoms with E-state index in [1.165, 1.54) is 0 Å². The highest BCUT2D eigenvalue weighted by molar-refractivity contribution is 7.13. The number of benzene rings is 2. The van der Waals surface area contributed by atoms with Crippen LogP contribution in [0, 0.1) is 0 Å². The molecule has 1 heterocycles. The van der Waals surface area contributed by atoms with Gasteiger partial charge >= 0.3 is 0 Å². The van der Waals surface area contributed by atoms with Gasteiger partial charge in [-0.3, -0.25) is 0 Å². The molecule has 0 unspecified atom stereocenters. The highest BCUT2D eigenvalue weighted by atomic mass is 35.5. The molecule has 0 aliphatic carbocycles. The summed E-state index contributed by atoms with van der Waals surface area (Å²) in [6, 6.07) is 15.2. The lowest BCUT2D eigenvalue weighted by atomic mass is 10.2. The van der Waals surface area contributed by atoms with Crippen LogP contribution in [0.4, 0.5) is 0 Å². The number of nitrogens with zero attached hydrogens (tertiary/aromatic N) is 1. The van der Waals surface area contributed by atoms with Gasteiger partial charge in [0.1, 0.15) is 17.4 Å². The summed E-state index contributed by atoms with van der Waals surface area (Å²) in [5, 5.41) is 12.3. The van der Waals surface area contributed by atoms with Crippen molar-refractivity contribution >= 4 is 22.9 Å². The van der Waals surface area contributed by atoms with Gasteiger partial charge in [0.05, 0.1) is 5.69 Å². The number of hydroxylamine groups is 1. The van der Waals surface area contributed by atoms with Crippen molar-refractivity contribution in [2.75, 3.05) is 0 Å². The summed E-state index contributed by atoms with van der Waals surface area (Å²) < 4.78 is 5.73. The molecule has 0 saturated heterocycles. The van der Waals surface area contributed by atoms with E-state index in [1.807, 2.05) is 53.9 Å². The Balaban J connectivity index is 1.61. The highest BCUT2D eigenvalue weighted by Crippen LogP contribution is 2.25. The number of ether oxygens (including phenoxy) is 1. The Morgan fingerprint density at radius 2 is 1.83 bits per heavy atom. The van der Waals surface area contributed by atoms with E-state index in [4.69, 9.17) is 21.5 Å². The van der Waals surface area contributed by atoms with Gasteiger partial charge in [0.2, 0.25) is 0 Å². The number of halogens is 1. The zero-order valence-corrected chi connectivity index (χ0v) is 13.8. The molecule has 3 rings (SSSR count). The van der Waals surface area contributed by atoms with Gasteiger partial charge in [0.25, 0.3) is 0 Å². The van der Waals surface area contributed by atoms with Gasteiger partial charge in [-0.15, -0.1) is 11.3 Å². The second-order valence-electron chi connectivity index (χ2n) is 4.92. The Morgan fingerprint density at radius 1 is 1.09 bits per heavy atom. The van der Waals surface area contributed by atoms with Gasteiger partial charge in [-0.05, 0) is 29.8 Å². The molecule has 2 aromatic carbocycles. The average molecular weight is 347 g/mol. The molecular weight excluding hydrogens is 332 g/mol. The van der Waals surface area contributed by atoms with Crippen LogP contribution in [-0.2, 0) is 13.2 Å². The molecule has 0 spiro atoms. The molecule has 0 aliphatic rings. The van der Waals surface area contributed by atoms with E-state index >= 15 is 0 Å². The maximum atomic E-state index is 8.66. The number of aromatic nitrogens is 1. The van der Waals surface area contributed by atoms with Crippen LogP contribution < -0.4 is 10.2 Å². The van der Waals surface area contributed by atoms with Crippen molar-refractivity contribution in [2.24, 2.45) is 0 Å². The Morgan fingerprint density at radius 3 is 2.52 bits per heavy atom. The van der Waals surface area contributed by atoms with Crippen molar-refractivity contribution in [1.82, 2.24) is 10.5 Å². The lowest BCUT2D eigenvalue weighted by Gasteiger charge is -2.05. The SMILES string of the molecule is ONCc1ccc(OCc2csc(-c3ccc(Cl)cc3)n2)cc1. The lowest BCUT2D eigenvalue weighted by molar-refractivity contribution is 0.161. The summed E-state index contributed by atoms with van der Waals surface area (Å²) in [6.45, 7) is 0.832. The first-order valence-electron chi connectivity index (χ1n) is 7.03. The van der Waals surface area contributed by atoms with E-state index < -0.39 is 0 Å². The Kier molecular flexibility index (Phi) is 5.25. The van der Waals surface area contributed by atoms with Crippen LogP contribution in [0.3, 0.4) is 0 Å². The number of nitrogens with one attached hydrogen (secondary N) is 1. The topological polar surface area (TPSA) is 54.4 Å². The highest BCUT2D eigenvalue weighted by Gasteiger charge is 2.05. The summed E-state index contributed by atoms with van der Waals surface area (Å²) >= 11 is 7.48. The largest absolute Gasteiger partial charge is 0.487 e. The normalized spacial score (nSPS) is 10.7. The molecule has 3 aromatic rings. The van der Waals surface area contributed by atoms with Crippen molar-refractivity contribution in [1.29, 1.82) is 0 Å². The van der Waals surface area contributed by atoms with Crippen molar-refractivity contribution in [2.45, 2.75) is 13.2 Å². The predicted octanol–water partition coefficient (Wildman–Crippen LogP) is 4.52. The summed E-state index contributed by atoms with van der Waals surface area (Å²) in [4.78, 5) is 4.58.